The number of anilines is 1. The molecule has 0 radical (unpaired) electrons. The summed E-state index contributed by atoms with van der Waals surface area (Å²) < 4.78 is 12.1. The Morgan fingerprint density at radius 2 is 1.69 bits per heavy atom. The van der Waals surface area contributed by atoms with Crippen LogP contribution in [0.2, 0.25) is 0 Å². The standard InChI is InChI=1S/C22H15BrN2O4/c1-13(26)24-17-8-4-15(5-9-17)21-25-19(22(27)29-21)12-18-10-11-20(28-18)14-2-6-16(23)7-3-14/h2-12H,1H3,(H,24,26). The molecule has 1 aliphatic heterocycles. The summed E-state index contributed by atoms with van der Waals surface area (Å²) in [5.74, 6) is 0.686. The molecule has 0 saturated carbocycles. The second-order valence-electron chi connectivity index (χ2n) is 6.30. The van der Waals surface area contributed by atoms with Gasteiger partial charge >= 0.3 is 5.97 Å². The van der Waals surface area contributed by atoms with Crippen molar-refractivity contribution in [2.75, 3.05) is 5.32 Å². The fraction of sp³-hybridized carbons (Fsp3) is 0.0455. The zero-order valence-corrected chi connectivity index (χ0v) is 16.9. The largest absolute Gasteiger partial charge is 0.457 e. The zero-order valence-electron chi connectivity index (χ0n) is 15.3. The van der Waals surface area contributed by atoms with Gasteiger partial charge in [-0.3, -0.25) is 4.79 Å². The third-order valence-electron chi connectivity index (χ3n) is 4.11. The maximum atomic E-state index is 12.2. The molecule has 7 heteroatoms. The maximum Gasteiger partial charge on any atom is 0.363 e. The van der Waals surface area contributed by atoms with E-state index in [2.05, 4.69) is 26.2 Å². The lowest BCUT2D eigenvalue weighted by Crippen LogP contribution is -2.07. The predicted octanol–water partition coefficient (Wildman–Crippen LogP) is 5.01. The van der Waals surface area contributed by atoms with Crippen LogP contribution in [0.3, 0.4) is 0 Å². The molecule has 1 N–H and O–H groups in total. The van der Waals surface area contributed by atoms with Crippen LogP contribution in [-0.2, 0) is 14.3 Å². The summed E-state index contributed by atoms with van der Waals surface area (Å²) in [5.41, 5.74) is 2.36. The van der Waals surface area contributed by atoms with Gasteiger partial charge in [0, 0.05) is 34.3 Å². The van der Waals surface area contributed by atoms with Crippen LogP contribution >= 0.6 is 15.9 Å². The Hall–Kier alpha value is -3.45. The van der Waals surface area contributed by atoms with Gasteiger partial charge in [-0.2, -0.15) is 0 Å². The van der Waals surface area contributed by atoms with Crippen molar-refractivity contribution in [1.29, 1.82) is 0 Å². The van der Waals surface area contributed by atoms with E-state index < -0.39 is 5.97 Å². The van der Waals surface area contributed by atoms with Crippen molar-refractivity contribution in [2.45, 2.75) is 6.92 Å². The average molecular weight is 451 g/mol. The average Bonchev–Trinajstić information content (AvgIpc) is 3.30. The van der Waals surface area contributed by atoms with Crippen LogP contribution in [0.5, 0.6) is 0 Å². The number of nitrogens with zero attached hydrogens (tertiary/aromatic N) is 1. The van der Waals surface area contributed by atoms with Gasteiger partial charge in [0.05, 0.1) is 0 Å². The Labute approximate surface area is 175 Å². The number of rotatable bonds is 4. The van der Waals surface area contributed by atoms with Gasteiger partial charge in [0.2, 0.25) is 11.8 Å². The summed E-state index contributed by atoms with van der Waals surface area (Å²) in [6, 6.07) is 18.2. The first-order valence-corrected chi connectivity index (χ1v) is 9.53. The Balaban J connectivity index is 1.55. The van der Waals surface area contributed by atoms with Crippen molar-refractivity contribution in [3.63, 3.8) is 0 Å². The van der Waals surface area contributed by atoms with E-state index in [1.165, 1.54) is 6.92 Å². The normalized spacial score (nSPS) is 14.6. The summed E-state index contributed by atoms with van der Waals surface area (Å²) in [7, 11) is 0. The van der Waals surface area contributed by atoms with E-state index in [4.69, 9.17) is 9.15 Å². The highest BCUT2D eigenvalue weighted by Gasteiger charge is 2.24. The van der Waals surface area contributed by atoms with Gasteiger partial charge in [0.25, 0.3) is 0 Å². The number of ether oxygens (including phenoxy) is 1. The number of hydrogen-bond donors (Lipinski definition) is 1. The van der Waals surface area contributed by atoms with Gasteiger partial charge < -0.3 is 14.5 Å². The number of carbonyl (C=O) groups is 2. The summed E-state index contributed by atoms with van der Waals surface area (Å²) in [6.45, 7) is 1.44. The fourth-order valence-electron chi connectivity index (χ4n) is 2.77. The topological polar surface area (TPSA) is 80.9 Å². The highest BCUT2D eigenvalue weighted by Crippen LogP contribution is 2.26. The quantitative estimate of drug-likeness (QED) is 0.447. The van der Waals surface area contributed by atoms with Crippen molar-refractivity contribution in [3.8, 4) is 11.3 Å². The number of benzene rings is 2. The Morgan fingerprint density at radius 3 is 2.38 bits per heavy atom. The SMILES string of the molecule is CC(=O)Nc1ccc(C2=NC(=Cc3ccc(-c4ccc(Br)cc4)o3)C(=O)O2)cc1. The van der Waals surface area contributed by atoms with Crippen LogP contribution in [0.1, 0.15) is 18.2 Å². The lowest BCUT2D eigenvalue weighted by Gasteiger charge is -2.03. The van der Waals surface area contributed by atoms with Gasteiger partial charge in [-0.05, 0) is 48.5 Å². The van der Waals surface area contributed by atoms with E-state index >= 15 is 0 Å². The number of cyclic esters (lactones) is 1. The van der Waals surface area contributed by atoms with Crippen LogP contribution in [0.15, 0.2) is 80.2 Å². The Morgan fingerprint density at radius 1 is 1.00 bits per heavy atom. The first-order chi connectivity index (χ1) is 14.0. The van der Waals surface area contributed by atoms with Gasteiger partial charge in [0.1, 0.15) is 11.5 Å². The van der Waals surface area contributed by atoms with Crippen molar-refractivity contribution < 1.29 is 18.7 Å². The summed E-state index contributed by atoms with van der Waals surface area (Å²) in [4.78, 5) is 27.5. The molecule has 0 fully saturated rings. The Kier molecular flexibility index (Phi) is 5.14. The molecule has 1 amide bonds. The number of amides is 1. The highest BCUT2D eigenvalue weighted by atomic mass is 79.9. The third-order valence-corrected chi connectivity index (χ3v) is 4.64. The predicted molar refractivity (Wildman–Crippen MR) is 113 cm³/mol. The molecule has 2 heterocycles. The molecule has 3 aromatic rings. The van der Waals surface area contributed by atoms with Gasteiger partial charge in [0.15, 0.2) is 5.70 Å². The summed E-state index contributed by atoms with van der Waals surface area (Å²) in [5, 5.41) is 2.68. The lowest BCUT2D eigenvalue weighted by atomic mass is 10.2. The second-order valence-corrected chi connectivity index (χ2v) is 7.22. The molecule has 0 aliphatic carbocycles. The van der Waals surface area contributed by atoms with E-state index in [1.807, 2.05) is 30.3 Å². The van der Waals surface area contributed by atoms with Crippen LogP contribution in [-0.4, -0.2) is 17.8 Å². The molecule has 1 aromatic heterocycles. The molecular formula is C22H15BrN2O4. The minimum absolute atomic E-state index is 0.155. The minimum Gasteiger partial charge on any atom is -0.457 e. The minimum atomic E-state index is -0.549. The number of carbonyl (C=O) groups excluding carboxylic acids is 2. The fourth-order valence-corrected chi connectivity index (χ4v) is 3.03. The third kappa shape index (κ3) is 4.35. The molecule has 0 atom stereocenters. The van der Waals surface area contributed by atoms with Gasteiger partial charge in [-0.25, -0.2) is 9.79 Å². The van der Waals surface area contributed by atoms with Crippen molar-refractivity contribution >= 4 is 45.5 Å². The monoisotopic (exact) mass is 450 g/mol. The molecule has 0 unspecified atom stereocenters. The van der Waals surface area contributed by atoms with Gasteiger partial charge in [-0.15, -0.1) is 0 Å². The van der Waals surface area contributed by atoms with E-state index in [0.29, 0.717) is 22.8 Å². The number of hydrogen-bond acceptors (Lipinski definition) is 5. The van der Waals surface area contributed by atoms with E-state index in [-0.39, 0.29) is 17.5 Å². The Bertz CT molecular complexity index is 1140. The lowest BCUT2D eigenvalue weighted by molar-refractivity contribution is -0.130. The number of furan rings is 1. The van der Waals surface area contributed by atoms with E-state index in [0.717, 1.165) is 10.0 Å². The van der Waals surface area contributed by atoms with Gasteiger partial charge in [-0.1, -0.05) is 28.1 Å². The summed E-state index contributed by atoms with van der Waals surface area (Å²) in [6.07, 6.45) is 1.55. The van der Waals surface area contributed by atoms with Crippen molar-refractivity contribution in [1.82, 2.24) is 0 Å². The van der Waals surface area contributed by atoms with Crippen molar-refractivity contribution in [3.05, 3.63) is 82.2 Å². The summed E-state index contributed by atoms with van der Waals surface area (Å²) >= 11 is 3.40. The molecule has 2 aromatic carbocycles. The first-order valence-electron chi connectivity index (χ1n) is 8.74. The van der Waals surface area contributed by atoms with E-state index in [9.17, 15) is 9.59 Å². The molecule has 144 valence electrons. The van der Waals surface area contributed by atoms with Crippen LogP contribution in [0.25, 0.3) is 17.4 Å². The van der Waals surface area contributed by atoms with E-state index in [1.54, 1.807) is 36.4 Å². The smallest absolute Gasteiger partial charge is 0.363 e. The number of nitrogens with one attached hydrogen (secondary N) is 1. The molecule has 29 heavy (non-hydrogen) atoms. The van der Waals surface area contributed by atoms with Crippen molar-refractivity contribution in [2.24, 2.45) is 4.99 Å². The molecule has 0 spiro atoms. The highest BCUT2D eigenvalue weighted by molar-refractivity contribution is 9.10. The zero-order chi connectivity index (χ0) is 20.4. The second kappa shape index (κ2) is 7.89. The molecular weight excluding hydrogens is 436 g/mol. The molecule has 0 bridgehead atoms. The number of esters is 1. The first kappa shape index (κ1) is 18.9. The van der Waals surface area contributed by atoms with Crippen LogP contribution in [0, 0.1) is 0 Å². The molecule has 4 rings (SSSR count). The maximum absolute atomic E-state index is 12.2. The van der Waals surface area contributed by atoms with Crippen LogP contribution < -0.4 is 5.32 Å². The number of aliphatic imine (C=N–C) groups is 1. The molecule has 1 aliphatic rings. The number of halogens is 1. The molecule has 0 saturated heterocycles. The molecule has 6 nitrogen and oxygen atoms in total. The van der Waals surface area contributed by atoms with Crippen LogP contribution in [0.4, 0.5) is 5.69 Å².